The highest BCUT2D eigenvalue weighted by molar-refractivity contribution is 5.92. The second-order valence-electron chi connectivity index (χ2n) is 6.57. The third kappa shape index (κ3) is 4.68. The molecular weight excluding hydrogens is 352 g/mol. The van der Waals surface area contributed by atoms with Gasteiger partial charge in [0, 0.05) is 18.2 Å². The lowest BCUT2D eigenvalue weighted by molar-refractivity contribution is 0.100. The SMILES string of the molecule is CC(C)C(NCc1ccc(C(N)=O)cc1)c1ccc2c(c1)OCCO2.Cl. The number of fused-ring (bicyclic) bond motifs is 1. The Bertz CT molecular complexity index is 747. The van der Waals surface area contributed by atoms with E-state index in [4.69, 9.17) is 15.2 Å². The summed E-state index contributed by atoms with van der Waals surface area (Å²) < 4.78 is 11.3. The molecule has 0 fully saturated rings. The maximum absolute atomic E-state index is 11.2. The minimum atomic E-state index is -0.407. The number of hydrogen-bond acceptors (Lipinski definition) is 4. The molecule has 140 valence electrons. The van der Waals surface area contributed by atoms with E-state index >= 15 is 0 Å². The number of amides is 1. The van der Waals surface area contributed by atoms with Crippen LogP contribution in [0.4, 0.5) is 0 Å². The van der Waals surface area contributed by atoms with E-state index in [1.165, 1.54) is 5.56 Å². The Balaban J connectivity index is 0.00000243. The van der Waals surface area contributed by atoms with Crippen molar-refractivity contribution in [2.75, 3.05) is 13.2 Å². The van der Waals surface area contributed by atoms with Crippen LogP contribution in [0.25, 0.3) is 0 Å². The average Bonchev–Trinajstić information content (AvgIpc) is 2.62. The van der Waals surface area contributed by atoms with Crippen molar-refractivity contribution in [3.05, 3.63) is 59.2 Å². The third-order valence-electron chi connectivity index (χ3n) is 4.36. The van der Waals surface area contributed by atoms with Crippen molar-refractivity contribution in [3.63, 3.8) is 0 Å². The minimum Gasteiger partial charge on any atom is -0.486 e. The zero-order valence-electron chi connectivity index (χ0n) is 15.0. The van der Waals surface area contributed by atoms with Gasteiger partial charge in [-0.3, -0.25) is 4.79 Å². The predicted molar refractivity (Wildman–Crippen MR) is 104 cm³/mol. The lowest BCUT2D eigenvalue weighted by Gasteiger charge is -2.25. The summed E-state index contributed by atoms with van der Waals surface area (Å²) in [5.41, 5.74) is 8.08. The topological polar surface area (TPSA) is 73.6 Å². The summed E-state index contributed by atoms with van der Waals surface area (Å²) in [6, 6.07) is 13.7. The molecule has 0 aliphatic carbocycles. The molecule has 26 heavy (non-hydrogen) atoms. The molecule has 1 heterocycles. The Labute approximate surface area is 160 Å². The number of rotatable bonds is 6. The molecule has 3 N–H and O–H groups in total. The van der Waals surface area contributed by atoms with Gasteiger partial charge in [-0.2, -0.15) is 0 Å². The molecule has 0 radical (unpaired) electrons. The first kappa shape index (κ1) is 20.1. The fourth-order valence-corrected chi connectivity index (χ4v) is 3.01. The van der Waals surface area contributed by atoms with Crippen LogP contribution in [-0.2, 0) is 6.54 Å². The van der Waals surface area contributed by atoms with Crippen molar-refractivity contribution >= 4 is 18.3 Å². The van der Waals surface area contributed by atoms with Crippen LogP contribution in [-0.4, -0.2) is 19.1 Å². The molecule has 1 aliphatic rings. The maximum Gasteiger partial charge on any atom is 0.248 e. The normalized spacial score (nSPS) is 13.8. The standard InChI is InChI=1S/C20H24N2O3.ClH/c1-13(2)19(16-7-8-17-18(11-16)25-10-9-24-17)22-12-14-3-5-15(6-4-14)20(21)23;/h3-8,11,13,19,22H,9-10,12H2,1-2H3,(H2,21,23);1H. The van der Waals surface area contributed by atoms with Gasteiger partial charge in [0.25, 0.3) is 0 Å². The van der Waals surface area contributed by atoms with Crippen molar-refractivity contribution in [1.29, 1.82) is 0 Å². The van der Waals surface area contributed by atoms with Crippen LogP contribution >= 0.6 is 12.4 Å². The van der Waals surface area contributed by atoms with E-state index in [-0.39, 0.29) is 18.4 Å². The molecular formula is C20H25ClN2O3. The first-order valence-corrected chi connectivity index (χ1v) is 8.56. The maximum atomic E-state index is 11.2. The van der Waals surface area contributed by atoms with Crippen LogP contribution in [0.3, 0.4) is 0 Å². The Morgan fingerprint density at radius 3 is 2.35 bits per heavy atom. The monoisotopic (exact) mass is 376 g/mol. The number of halogens is 1. The molecule has 0 spiro atoms. The van der Waals surface area contributed by atoms with Gasteiger partial charge in [-0.25, -0.2) is 0 Å². The molecule has 1 atom stereocenters. The summed E-state index contributed by atoms with van der Waals surface area (Å²) in [6.07, 6.45) is 0. The van der Waals surface area contributed by atoms with Crippen molar-refractivity contribution in [2.24, 2.45) is 11.7 Å². The quantitative estimate of drug-likeness (QED) is 0.809. The molecule has 5 nitrogen and oxygen atoms in total. The molecule has 0 bridgehead atoms. The number of nitrogens with one attached hydrogen (secondary N) is 1. The molecule has 0 saturated carbocycles. The second kappa shape index (κ2) is 8.92. The number of carbonyl (C=O) groups is 1. The fraction of sp³-hybridized carbons (Fsp3) is 0.350. The molecule has 0 saturated heterocycles. The van der Waals surface area contributed by atoms with Gasteiger partial charge in [0.15, 0.2) is 11.5 Å². The Hall–Kier alpha value is -2.24. The molecule has 3 rings (SSSR count). The number of hydrogen-bond donors (Lipinski definition) is 2. The van der Waals surface area contributed by atoms with E-state index in [0.717, 1.165) is 17.1 Å². The van der Waals surface area contributed by atoms with Crippen LogP contribution < -0.4 is 20.5 Å². The predicted octanol–water partition coefficient (Wildman–Crippen LogP) is 3.47. The minimum absolute atomic E-state index is 0. The highest BCUT2D eigenvalue weighted by Gasteiger charge is 2.19. The highest BCUT2D eigenvalue weighted by Crippen LogP contribution is 2.34. The van der Waals surface area contributed by atoms with Crippen molar-refractivity contribution in [2.45, 2.75) is 26.4 Å². The summed E-state index contributed by atoms with van der Waals surface area (Å²) in [4.78, 5) is 11.2. The smallest absolute Gasteiger partial charge is 0.248 e. The molecule has 1 amide bonds. The zero-order chi connectivity index (χ0) is 17.8. The van der Waals surface area contributed by atoms with E-state index in [1.54, 1.807) is 12.1 Å². The first-order chi connectivity index (χ1) is 12.0. The van der Waals surface area contributed by atoms with Gasteiger partial charge >= 0.3 is 0 Å². The first-order valence-electron chi connectivity index (χ1n) is 8.56. The van der Waals surface area contributed by atoms with Crippen molar-refractivity contribution in [1.82, 2.24) is 5.32 Å². The van der Waals surface area contributed by atoms with E-state index in [2.05, 4.69) is 31.3 Å². The number of benzene rings is 2. The van der Waals surface area contributed by atoms with Crippen molar-refractivity contribution < 1.29 is 14.3 Å². The van der Waals surface area contributed by atoms with Gasteiger partial charge in [-0.05, 0) is 41.3 Å². The summed E-state index contributed by atoms with van der Waals surface area (Å²) in [5.74, 6) is 1.62. The van der Waals surface area contributed by atoms with Gasteiger partial charge in [-0.1, -0.05) is 32.0 Å². The number of nitrogens with two attached hydrogens (primary N) is 1. The Morgan fingerprint density at radius 1 is 1.08 bits per heavy atom. The molecule has 1 unspecified atom stereocenters. The van der Waals surface area contributed by atoms with E-state index in [9.17, 15) is 4.79 Å². The van der Waals surface area contributed by atoms with Crippen LogP contribution in [0.15, 0.2) is 42.5 Å². The van der Waals surface area contributed by atoms with Crippen LogP contribution in [0.5, 0.6) is 11.5 Å². The largest absolute Gasteiger partial charge is 0.486 e. The summed E-state index contributed by atoms with van der Waals surface area (Å²) in [5, 5.41) is 3.59. The van der Waals surface area contributed by atoms with Crippen molar-refractivity contribution in [3.8, 4) is 11.5 Å². The lowest BCUT2D eigenvalue weighted by atomic mass is 9.95. The molecule has 2 aromatic carbocycles. The van der Waals surface area contributed by atoms with Gasteiger partial charge < -0.3 is 20.5 Å². The Morgan fingerprint density at radius 2 is 1.73 bits per heavy atom. The number of ether oxygens (including phenoxy) is 2. The zero-order valence-corrected chi connectivity index (χ0v) is 15.8. The Kier molecular flexibility index (Phi) is 6.89. The van der Waals surface area contributed by atoms with Gasteiger partial charge in [0.05, 0.1) is 0 Å². The average molecular weight is 377 g/mol. The fourth-order valence-electron chi connectivity index (χ4n) is 3.01. The van der Waals surface area contributed by atoms with Crippen LogP contribution in [0, 0.1) is 5.92 Å². The second-order valence-corrected chi connectivity index (χ2v) is 6.57. The third-order valence-corrected chi connectivity index (χ3v) is 4.36. The molecule has 0 aromatic heterocycles. The summed E-state index contributed by atoms with van der Waals surface area (Å²) in [7, 11) is 0. The lowest BCUT2D eigenvalue weighted by Crippen LogP contribution is -2.26. The van der Waals surface area contributed by atoms with E-state index in [1.807, 2.05) is 18.2 Å². The molecule has 2 aromatic rings. The van der Waals surface area contributed by atoms with E-state index < -0.39 is 5.91 Å². The summed E-state index contributed by atoms with van der Waals surface area (Å²) in [6.45, 7) is 6.26. The van der Waals surface area contributed by atoms with Gasteiger partial charge in [0.1, 0.15) is 13.2 Å². The molecule has 1 aliphatic heterocycles. The molecule has 6 heteroatoms. The number of primary amides is 1. The van der Waals surface area contributed by atoms with Gasteiger partial charge in [-0.15, -0.1) is 12.4 Å². The van der Waals surface area contributed by atoms with Gasteiger partial charge in [0.2, 0.25) is 5.91 Å². The number of carbonyl (C=O) groups excluding carboxylic acids is 1. The van der Waals surface area contributed by atoms with E-state index in [0.29, 0.717) is 31.2 Å². The van der Waals surface area contributed by atoms with Crippen LogP contribution in [0.2, 0.25) is 0 Å². The highest BCUT2D eigenvalue weighted by atomic mass is 35.5. The summed E-state index contributed by atoms with van der Waals surface area (Å²) >= 11 is 0. The van der Waals surface area contributed by atoms with Crippen LogP contribution in [0.1, 0.15) is 41.4 Å².